The molecule has 0 unspecified atom stereocenters. The first-order chi connectivity index (χ1) is 10.2. The number of hydrogen-bond donors (Lipinski definition) is 0. The standard InChI is InChI=1S/C16H23N3O2/c1-4-20-11-14-9-19(10-15-6-5-12(2)21-15)8-13-7-17-18(3)16(13)14/h5-7,14H,4,8-11H2,1-3H3/t14-/m1/s1. The van der Waals surface area contributed by atoms with Gasteiger partial charge < -0.3 is 9.15 Å². The molecule has 0 aromatic carbocycles. The zero-order chi connectivity index (χ0) is 14.8. The minimum absolute atomic E-state index is 0.372. The normalized spacial score (nSPS) is 18.9. The van der Waals surface area contributed by atoms with E-state index in [0.717, 1.165) is 44.4 Å². The Morgan fingerprint density at radius 1 is 1.43 bits per heavy atom. The van der Waals surface area contributed by atoms with Crippen molar-refractivity contribution in [3.05, 3.63) is 41.1 Å². The van der Waals surface area contributed by atoms with Crippen LogP contribution in [0.15, 0.2) is 22.7 Å². The second-order valence-electron chi connectivity index (χ2n) is 5.72. The van der Waals surface area contributed by atoms with Crippen LogP contribution in [0.25, 0.3) is 0 Å². The fourth-order valence-electron chi connectivity index (χ4n) is 3.15. The first-order valence-electron chi connectivity index (χ1n) is 7.53. The van der Waals surface area contributed by atoms with E-state index in [0.29, 0.717) is 5.92 Å². The SMILES string of the molecule is CCOC[C@H]1CN(Cc2ccc(C)o2)Cc2cnn(C)c21. The molecule has 0 radical (unpaired) electrons. The highest BCUT2D eigenvalue weighted by Crippen LogP contribution is 2.29. The molecule has 114 valence electrons. The number of aryl methyl sites for hydroxylation is 2. The van der Waals surface area contributed by atoms with E-state index >= 15 is 0 Å². The van der Waals surface area contributed by atoms with E-state index in [1.165, 1.54) is 11.3 Å². The van der Waals surface area contributed by atoms with Crippen LogP contribution >= 0.6 is 0 Å². The average molecular weight is 289 g/mol. The summed E-state index contributed by atoms with van der Waals surface area (Å²) in [4.78, 5) is 2.41. The van der Waals surface area contributed by atoms with Crippen molar-refractivity contribution in [3.8, 4) is 0 Å². The molecule has 1 atom stereocenters. The van der Waals surface area contributed by atoms with Crippen molar-refractivity contribution in [1.82, 2.24) is 14.7 Å². The Hall–Kier alpha value is -1.59. The monoisotopic (exact) mass is 289 g/mol. The van der Waals surface area contributed by atoms with Crippen molar-refractivity contribution in [2.45, 2.75) is 32.9 Å². The number of nitrogens with zero attached hydrogens (tertiary/aromatic N) is 3. The van der Waals surface area contributed by atoms with Gasteiger partial charge in [0.15, 0.2) is 0 Å². The fraction of sp³-hybridized carbons (Fsp3) is 0.562. The Morgan fingerprint density at radius 3 is 3.00 bits per heavy atom. The Labute approximate surface area is 125 Å². The van der Waals surface area contributed by atoms with Gasteiger partial charge in [0.1, 0.15) is 11.5 Å². The topological polar surface area (TPSA) is 43.4 Å². The molecule has 3 rings (SSSR count). The van der Waals surface area contributed by atoms with Crippen LogP contribution in [0.2, 0.25) is 0 Å². The third-order valence-corrected chi connectivity index (χ3v) is 4.02. The summed E-state index contributed by atoms with van der Waals surface area (Å²) >= 11 is 0. The number of aromatic nitrogens is 2. The molecule has 0 amide bonds. The lowest BCUT2D eigenvalue weighted by Crippen LogP contribution is -2.35. The molecule has 0 bridgehead atoms. The molecule has 2 aromatic rings. The largest absolute Gasteiger partial charge is 0.465 e. The quantitative estimate of drug-likeness (QED) is 0.848. The van der Waals surface area contributed by atoms with E-state index in [1.54, 1.807) is 0 Å². The summed E-state index contributed by atoms with van der Waals surface area (Å²) in [7, 11) is 2.02. The van der Waals surface area contributed by atoms with Crippen molar-refractivity contribution in [3.63, 3.8) is 0 Å². The van der Waals surface area contributed by atoms with Crippen LogP contribution in [0, 0.1) is 6.92 Å². The van der Waals surface area contributed by atoms with Crippen molar-refractivity contribution in [1.29, 1.82) is 0 Å². The van der Waals surface area contributed by atoms with Crippen molar-refractivity contribution < 1.29 is 9.15 Å². The molecule has 5 heteroatoms. The van der Waals surface area contributed by atoms with Gasteiger partial charge in [-0.25, -0.2) is 0 Å². The molecule has 3 heterocycles. The Balaban J connectivity index is 1.76. The first kappa shape index (κ1) is 14.4. The van der Waals surface area contributed by atoms with Gasteiger partial charge in [-0.2, -0.15) is 5.10 Å². The third kappa shape index (κ3) is 3.04. The molecular formula is C16H23N3O2. The second-order valence-corrected chi connectivity index (χ2v) is 5.72. The van der Waals surface area contributed by atoms with E-state index in [9.17, 15) is 0 Å². The van der Waals surface area contributed by atoms with Crippen LogP contribution < -0.4 is 0 Å². The minimum atomic E-state index is 0.372. The van der Waals surface area contributed by atoms with Crippen LogP contribution in [-0.2, 0) is 24.9 Å². The summed E-state index contributed by atoms with van der Waals surface area (Å²) in [6, 6.07) is 4.08. The van der Waals surface area contributed by atoms with Crippen LogP contribution in [0.5, 0.6) is 0 Å². The van der Waals surface area contributed by atoms with Gasteiger partial charge in [0.2, 0.25) is 0 Å². The van der Waals surface area contributed by atoms with E-state index in [1.807, 2.05) is 37.8 Å². The van der Waals surface area contributed by atoms with Gasteiger partial charge in [0.25, 0.3) is 0 Å². The summed E-state index contributed by atoms with van der Waals surface area (Å²) in [6.45, 7) is 8.26. The number of furan rings is 1. The number of rotatable bonds is 5. The average Bonchev–Trinajstić information content (AvgIpc) is 3.03. The molecule has 21 heavy (non-hydrogen) atoms. The molecule has 0 saturated heterocycles. The molecule has 5 nitrogen and oxygen atoms in total. The van der Waals surface area contributed by atoms with Gasteiger partial charge in [0.05, 0.1) is 19.3 Å². The van der Waals surface area contributed by atoms with Gasteiger partial charge in [-0.15, -0.1) is 0 Å². The molecule has 0 saturated carbocycles. The summed E-state index contributed by atoms with van der Waals surface area (Å²) < 4.78 is 13.4. The predicted octanol–water partition coefficient (Wildman–Crippen LogP) is 2.46. The Bertz CT molecular complexity index is 602. The number of fused-ring (bicyclic) bond motifs is 1. The van der Waals surface area contributed by atoms with Crippen molar-refractivity contribution >= 4 is 0 Å². The van der Waals surface area contributed by atoms with E-state index < -0.39 is 0 Å². The fourth-order valence-corrected chi connectivity index (χ4v) is 3.15. The molecule has 0 fully saturated rings. The molecule has 2 aromatic heterocycles. The maximum atomic E-state index is 5.70. The lowest BCUT2D eigenvalue weighted by Gasteiger charge is -2.32. The van der Waals surface area contributed by atoms with Gasteiger partial charge in [-0.3, -0.25) is 9.58 Å². The molecule has 1 aliphatic rings. The second kappa shape index (κ2) is 6.03. The number of ether oxygens (including phenoxy) is 1. The number of hydrogen-bond acceptors (Lipinski definition) is 4. The smallest absolute Gasteiger partial charge is 0.118 e. The molecule has 0 spiro atoms. The maximum absolute atomic E-state index is 5.70. The van der Waals surface area contributed by atoms with Crippen molar-refractivity contribution in [2.24, 2.45) is 7.05 Å². The predicted molar refractivity (Wildman–Crippen MR) is 80.0 cm³/mol. The lowest BCUT2D eigenvalue weighted by atomic mass is 9.97. The zero-order valence-electron chi connectivity index (χ0n) is 13.0. The molecule has 1 aliphatic heterocycles. The molecule has 0 N–H and O–H groups in total. The zero-order valence-corrected chi connectivity index (χ0v) is 13.0. The lowest BCUT2D eigenvalue weighted by molar-refractivity contribution is 0.100. The van der Waals surface area contributed by atoms with E-state index in [4.69, 9.17) is 9.15 Å². The van der Waals surface area contributed by atoms with Crippen LogP contribution in [-0.4, -0.2) is 34.4 Å². The maximum Gasteiger partial charge on any atom is 0.118 e. The van der Waals surface area contributed by atoms with Gasteiger partial charge in [0, 0.05) is 43.9 Å². The highest BCUT2D eigenvalue weighted by atomic mass is 16.5. The molecule has 0 aliphatic carbocycles. The highest BCUT2D eigenvalue weighted by molar-refractivity contribution is 5.25. The van der Waals surface area contributed by atoms with Crippen molar-refractivity contribution in [2.75, 3.05) is 19.8 Å². The molecular weight excluding hydrogens is 266 g/mol. The Morgan fingerprint density at radius 2 is 2.29 bits per heavy atom. The van der Waals surface area contributed by atoms with Gasteiger partial charge in [-0.05, 0) is 26.0 Å². The van der Waals surface area contributed by atoms with Crippen LogP contribution in [0.4, 0.5) is 0 Å². The van der Waals surface area contributed by atoms with Gasteiger partial charge in [-0.1, -0.05) is 0 Å². The van der Waals surface area contributed by atoms with E-state index in [2.05, 4.69) is 16.1 Å². The Kier molecular flexibility index (Phi) is 4.12. The summed E-state index contributed by atoms with van der Waals surface area (Å²) in [5.74, 6) is 2.36. The van der Waals surface area contributed by atoms with Crippen LogP contribution in [0.1, 0.15) is 35.6 Å². The summed E-state index contributed by atoms with van der Waals surface area (Å²) in [5.41, 5.74) is 2.62. The first-order valence-corrected chi connectivity index (χ1v) is 7.53. The van der Waals surface area contributed by atoms with E-state index in [-0.39, 0.29) is 0 Å². The van der Waals surface area contributed by atoms with Crippen LogP contribution in [0.3, 0.4) is 0 Å². The third-order valence-electron chi connectivity index (χ3n) is 4.02. The summed E-state index contributed by atoms with van der Waals surface area (Å²) in [6.07, 6.45) is 1.98. The summed E-state index contributed by atoms with van der Waals surface area (Å²) in [5, 5.41) is 4.41. The van der Waals surface area contributed by atoms with Gasteiger partial charge >= 0.3 is 0 Å². The highest BCUT2D eigenvalue weighted by Gasteiger charge is 2.29. The minimum Gasteiger partial charge on any atom is -0.465 e.